The topological polar surface area (TPSA) is 111 Å². The molecule has 0 bridgehead atoms. The zero-order chi connectivity index (χ0) is 20.0. The van der Waals surface area contributed by atoms with Crippen LogP contribution in [0.1, 0.15) is 26.4 Å². The number of amides is 2. The Morgan fingerprint density at radius 3 is 2.50 bits per heavy atom. The highest BCUT2D eigenvalue weighted by Gasteiger charge is 2.18. The van der Waals surface area contributed by atoms with Crippen molar-refractivity contribution in [2.24, 2.45) is 12.8 Å². The van der Waals surface area contributed by atoms with Crippen LogP contribution in [0, 0.1) is 6.92 Å². The second kappa shape index (κ2) is 6.34. The van der Waals surface area contributed by atoms with Gasteiger partial charge in [0, 0.05) is 24.5 Å². The predicted octanol–water partition coefficient (Wildman–Crippen LogP) is 1.85. The second-order valence-electron chi connectivity index (χ2n) is 6.52. The zero-order valence-corrected chi connectivity index (χ0v) is 15.3. The van der Waals surface area contributed by atoms with Crippen molar-refractivity contribution in [2.75, 3.05) is 5.32 Å². The van der Waals surface area contributed by atoms with Crippen LogP contribution in [0.25, 0.3) is 16.7 Å². The van der Waals surface area contributed by atoms with Gasteiger partial charge in [-0.25, -0.2) is 4.98 Å². The van der Waals surface area contributed by atoms with Crippen molar-refractivity contribution in [3.63, 3.8) is 0 Å². The smallest absolute Gasteiger partial charge is 0.272 e. The molecule has 28 heavy (non-hydrogen) atoms. The number of primary amides is 1. The lowest BCUT2D eigenvalue weighted by Crippen LogP contribution is -2.16. The van der Waals surface area contributed by atoms with Crippen LogP contribution in [0.15, 0.2) is 53.5 Å². The minimum atomic E-state index is -0.541. The number of carbonyl (C=O) groups excluding carboxylic acids is 2. The predicted molar refractivity (Wildman–Crippen MR) is 106 cm³/mol. The molecule has 3 heterocycles. The first-order chi connectivity index (χ1) is 13.4. The summed E-state index contributed by atoms with van der Waals surface area (Å²) in [6, 6.07) is 11.4. The first-order valence-electron chi connectivity index (χ1n) is 8.55. The summed E-state index contributed by atoms with van der Waals surface area (Å²) < 4.78 is 3.07. The van der Waals surface area contributed by atoms with Crippen LogP contribution in [0.3, 0.4) is 0 Å². The van der Waals surface area contributed by atoms with E-state index in [-0.39, 0.29) is 5.56 Å². The van der Waals surface area contributed by atoms with Gasteiger partial charge in [0.25, 0.3) is 11.5 Å². The van der Waals surface area contributed by atoms with Gasteiger partial charge in [-0.3, -0.25) is 18.8 Å². The molecule has 8 heteroatoms. The fraction of sp³-hybridized carbons (Fsp3) is 0.100. The molecule has 0 aliphatic heterocycles. The average Bonchev–Trinajstić information content (AvgIpc) is 3.00. The van der Waals surface area contributed by atoms with E-state index in [4.69, 9.17) is 5.73 Å². The Morgan fingerprint density at radius 2 is 1.82 bits per heavy atom. The molecule has 3 aromatic heterocycles. The summed E-state index contributed by atoms with van der Waals surface area (Å²) in [5, 5.41) is 3.11. The Hall–Kier alpha value is -3.94. The SMILES string of the molecule is Cc1cccn2c(=O)c3cc(C(=O)Nc4ccc(C(N)=O)cc4)n(C)c3nc12. The van der Waals surface area contributed by atoms with Crippen molar-refractivity contribution in [3.8, 4) is 0 Å². The lowest BCUT2D eigenvalue weighted by atomic mass is 10.2. The molecule has 0 radical (unpaired) electrons. The van der Waals surface area contributed by atoms with Crippen molar-refractivity contribution < 1.29 is 9.59 Å². The van der Waals surface area contributed by atoms with Gasteiger partial charge in [-0.2, -0.15) is 0 Å². The summed E-state index contributed by atoms with van der Waals surface area (Å²) >= 11 is 0. The number of pyridine rings is 1. The van der Waals surface area contributed by atoms with E-state index in [1.165, 1.54) is 22.6 Å². The molecule has 0 unspecified atom stereocenters. The third-order valence-electron chi connectivity index (χ3n) is 4.68. The minimum absolute atomic E-state index is 0.232. The van der Waals surface area contributed by atoms with Gasteiger partial charge in [-0.05, 0) is 48.9 Å². The van der Waals surface area contributed by atoms with Crippen molar-refractivity contribution in [1.82, 2.24) is 14.0 Å². The molecule has 0 spiro atoms. The summed E-state index contributed by atoms with van der Waals surface area (Å²) in [4.78, 5) is 41.3. The maximum absolute atomic E-state index is 12.8. The fourth-order valence-electron chi connectivity index (χ4n) is 3.16. The van der Waals surface area contributed by atoms with Crippen molar-refractivity contribution in [1.29, 1.82) is 0 Å². The van der Waals surface area contributed by atoms with E-state index in [2.05, 4.69) is 10.3 Å². The minimum Gasteiger partial charge on any atom is -0.366 e. The Labute approximate surface area is 159 Å². The van der Waals surface area contributed by atoms with Crippen LogP contribution in [0.2, 0.25) is 0 Å². The van der Waals surface area contributed by atoms with E-state index in [1.807, 2.05) is 13.0 Å². The number of fused-ring (bicyclic) bond motifs is 2. The van der Waals surface area contributed by atoms with Gasteiger partial charge < -0.3 is 15.6 Å². The lowest BCUT2D eigenvalue weighted by molar-refractivity contribution is 0.0997. The number of aryl methyl sites for hydroxylation is 2. The van der Waals surface area contributed by atoms with Crippen LogP contribution in [-0.2, 0) is 7.05 Å². The van der Waals surface area contributed by atoms with E-state index in [1.54, 1.807) is 36.0 Å². The van der Waals surface area contributed by atoms with Crippen LogP contribution in [-0.4, -0.2) is 25.8 Å². The van der Waals surface area contributed by atoms with E-state index < -0.39 is 11.8 Å². The summed E-state index contributed by atoms with van der Waals surface area (Å²) in [7, 11) is 1.69. The maximum Gasteiger partial charge on any atom is 0.272 e. The number of carbonyl (C=O) groups is 2. The van der Waals surface area contributed by atoms with Crippen LogP contribution >= 0.6 is 0 Å². The Morgan fingerprint density at radius 1 is 1.11 bits per heavy atom. The van der Waals surface area contributed by atoms with Gasteiger partial charge >= 0.3 is 0 Å². The molecule has 0 aliphatic rings. The first-order valence-corrected chi connectivity index (χ1v) is 8.55. The largest absolute Gasteiger partial charge is 0.366 e. The number of nitrogens with two attached hydrogens (primary N) is 1. The number of nitrogens with zero attached hydrogens (tertiary/aromatic N) is 3. The number of anilines is 1. The second-order valence-corrected chi connectivity index (χ2v) is 6.52. The van der Waals surface area contributed by atoms with Crippen molar-refractivity contribution >= 4 is 34.2 Å². The monoisotopic (exact) mass is 375 g/mol. The number of nitrogens with one attached hydrogen (secondary N) is 1. The van der Waals surface area contributed by atoms with Gasteiger partial charge in [0.05, 0.1) is 5.39 Å². The summed E-state index contributed by atoms with van der Waals surface area (Å²) in [5.74, 6) is -0.932. The van der Waals surface area contributed by atoms with Crippen molar-refractivity contribution in [2.45, 2.75) is 6.92 Å². The molecule has 0 atom stereocenters. The molecule has 140 valence electrons. The van der Waals surface area contributed by atoms with Crippen LogP contribution < -0.4 is 16.6 Å². The Kier molecular flexibility index (Phi) is 3.96. The molecule has 1 aromatic carbocycles. The average molecular weight is 375 g/mol. The molecule has 0 saturated heterocycles. The Balaban J connectivity index is 1.77. The standard InChI is InChI=1S/C20H17N5O3/c1-11-4-3-9-25-17(11)23-18-14(20(25)28)10-15(24(18)2)19(27)22-13-7-5-12(6-8-13)16(21)26/h3-10H,1-2H3,(H2,21,26)(H,22,27). The molecule has 4 rings (SSSR count). The highest BCUT2D eigenvalue weighted by atomic mass is 16.2. The summed E-state index contributed by atoms with van der Waals surface area (Å²) in [6.45, 7) is 1.87. The van der Waals surface area contributed by atoms with Gasteiger partial charge in [-0.1, -0.05) is 6.07 Å². The van der Waals surface area contributed by atoms with E-state index >= 15 is 0 Å². The molecular weight excluding hydrogens is 358 g/mol. The number of hydrogen-bond acceptors (Lipinski definition) is 4. The molecular formula is C20H17N5O3. The normalized spacial score (nSPS) is 11.1. The lowest BCUT2D eigenvalue weighted by Gasteiger charge is -2.07. The summed E-state index contributed by atoms with van der Waals surface area (Å²) in [5.41, 5.74) is 7.99. The van der Waals surface area contributed by atoms with E-state index in [0.717, 1.165) is 5.56 Å². The molecule has 3 N–H and O–H groups in total. The molecule has 8 nitrogen and oxygen atoms in total. The summed E-state index contributed by atoms with van der Waals surface area (Å²) in [6.07, 6.45) is 1.66. The van der Waals surface area contributed by atoms with Crippen molar-refractivity contribution in [3.05, 3.63) is 75.8 Å². The van der Waals surface area contributed by atoms with E-state index in [0.29, 0.717) is 33.6 Å². The number of aromatic nitrogens is 3. The highest BCUT2D eigenvalue weighted by Crippen LogP contribution is 2.18. The molecule has 0 saturated carbocycles. The third-order valence-corrected chi connectivity index (χ3v) is 4.68. The number of rotatable bonds is 3. The third kappa shape index (κ3) is 2.71. The first kappa shape index (κ1) is 17.5. The molecule has 4 aromatic rings. The van der Waals surface area contributed by atoms with Gasteiger partial charge in [0.1, 0.15) is 17.0 Å². The van der Waals surface area contributed by atoms with Gasteiger partial charge in [-0.15, -0.1) is 0 Å². The molecule has 2 amide bonds. The van der Waals surface area contributed by atoms with Gasteiger partial charge in [0.15, 0.2) is 0 Å². The van der Waals surface area contributed by atoms with Gasteiger partial charge in [0.2, 0.25) is 5.91 Å². The zero-order valence-electron chi connectivity index (χ0n) is 15.3. The molecule has 0 aliphatic carbocycles. The quantitative estimate of drug-likeness (QED) is 0.569. The molecule has 0 fully saturated rings. The van der Waals surface area contributed by atoms with Crippen LogP contribution in [0.5, 0.6) is 0 Å². The number of hydrogen-bond donors (Lipinski definition) is 2. The number of benzene rings is 1. The maximum atomic E-state index is 12.8. The fourth-order valence-corrected chi connectivity index (χ4v) is 3.16. The van der Waals surface area contributed by atoms with E-state index in [9.17, 15) is 14.4 Å². The Bertz CT molecular complexity index is 1320. The van der Waals surface area contributed by atoms with Crippen LogP contribution in [0.4, 0.5) is 5.69 Å². The highest BCUT2D eigenvalue weighted by molar-refractivity contribution is 6.06.